The lowest BCUT2D eigenvalue weighted by Gasteiger charge is -2.35. The molecule has 1 aromatic heterocycles. The van der Waals surface area contributed by atoms with E-state index in [0.29, 0.717) is 0 Å². The Balaban J connectivity index is 1.74. The number of likely N-dealkylation sites (tertiary alicyclic amines) is 1. The molecule has 0 unspecified atom stereocenters. The Kier molecular flexibility index (Phi) is 5.47. The minimum atomic E-state index is 0.0755. The number of amides is 1. The molecule has 4 rings (SSSR count). The van der Waals surface area contributed by atoms with Crippen molar-refractivity contribution < 1.29 is 4.79 Å². The Bertz CT molecular complexity index is 994. The fraction of sp³-hybridized carbons (Fsp3) is 0.304. The van der Waals surface area contributed by atoms with E-state index in [1.165, 1.54) is 0 Å². The molecule has 1 fully saturated rings. The summed E-state index contributed by atoms with van der Waals surface area (Å²) in [5, 5.41) is 0.910. The number of nitrogens with zero attached hydrogens (tertiary/aromatic N) is 3. The van der Waals surface area contributed by atoms with Crippen molar-refractivity contribution in [3.8, 4) is 11.3 Å². The number of para-hydroxylation sites is 1. The van der Waals surface area contributed by atoms with Gasteiger partial charge in [0.2, 0.25) is 0 Å². The standard InChI is InChI=1S/C23H24BrN3O/c1-26-13-11-18(12-14-26)27(2)23(28)20-15-22(16-7-9-17(24)10-8-16)25-21-6-4-3-5-19(20)21/h3-10,15,18H,11-14H2,1-2H3. The normalized spacial score (nSPS) is 15.7. The minimum Gasteiger partial charge on any atom is -0.339 e. The molecule has 0 aliphatic carbocycles. The third kappa shape index (κ3) is 3.82. The molecule has 0 N–H and O–H groups in total. The van der Waals surface area contributed by atoms with E-state index < -0.39 is 0 Å². The maximum atomic E-state index is 13.5. The van der Waals surface area contributed by atoms with Crippen LogP contribution in [0.15, 0.2) is 59.1 Å². The predicted octanol–water partition coefficient (Wildman–Crippen LogP) is 4.83. The minimum absolute atomic E-state index is 0.0755. The van der Waals surface area contributed by atoms with Gasteiger partial charge in [0.25, 0.3) is 5.91 Å². The van der Waals surface area contributed by atoms with Crippen LogP contribution in [-0.2, 0) is 0 Å². The summed E-state index contributed by atoms with van der Waals surface area (Å²) in [4.78, 5) is 22.5. The van der Waals surface area contributed by atoms with Crippen molar-refractivity contribution >= 4 is 32.7 Å². The van der Waals surface area contributed by atoms with E-state index in [4.69, 9.17) is 4.98 Å². The zero-order valence-electron chi connectivity index (χ0n) is 16.2. The van der Waals surface area contributed by atoms with Gasteiger partial charge in [0.1, 0.15) is 0 Å². The molecule has 0 bridgehead atoms. The molecule has 0 saturated carbocycles. The molecule has 1 saturated heterocycles. The van der Waals surface area contributed by atoms with Crippen LogP contribution < -0.4 is 0 Å². The van der Waals surface area contributed by atoms with Crippen LogP contribution in [0.1, 0.15) is 23.2 Å². The number of hydrogen-bond donors (Lipinski definition) is 0. The lowest BCUT2D eigenvalue weighted by molar-refractivity contribution is 0.0661. The van der Waals surface area contributed by atoms with Gasteiger partial charge in [-0.2, -0.15) is 0 Å². The first-order chi connectivity index (χ1) is 13.5. The summed E-state index contributed by atoms with van der Waals surface area (Å²) in [6.07, 6.45) is 2.03. The van der Waals surface area contributed by atoms with E-state index in [-0.39, 0.29) is 11.9 Å². The van der Waals surface area contributed by atoms with Gasteiger partial charge in [0.15, 0.2) is 0 Å². The highest BCUT2D eigenvalue weighted by Crippen LogP contribution is 2.28. The number of benzene rings is 2. The Hall–Kier alpha value is -2.24. The van der Waals surface area contributed by atoms with Crippen LogP contribution in [0, 0.1) is 0 Å². The zero-order valence-corrected chi connectivity index (χ0v) is 17.8. The Morgan fingerprint density at radius 2 is 1.79 bits per heavy atom. The molecule has 4 nitrogen and oxygen atoms in total. The number of pyridine rings is 1. The van der Waals surface area contributed by atoms with E-state index in [1.807, 2.05) is 66.5 Å². The van der Waals surface area contributed by atoms with E-state index in [2.05, 4.69) is 27.9 Å². The second-order valence-corrected chi connectivity index (χ2v) is 8.45. The van der Waals surface area contributed by atoms with Crippen molar-refractivity contribution in [1.82, 2.24) is 14.8 Å². The van der Waals surface area contributed by atoms with Gasteiger partial charge in [-0.25, -0.2) is 4.98 Å². The lowest BCUT2D eigenvalue weighted by Crippen LogP contribution is -2.44. The first kappa shape index (κ1) is 19.1. The third-order valence-electron chi connectivity index (χ3n) is 5.64. The fourth-order valence-corrected chi connectivity index (χ4v) is 4.12. The average molecular weight is 438 g/mol. The zero-order chi connectivity index (χ0) is 19.7. The van der Waals surface area contributed by atoms with Crippen molar-refractivity contribution in [2.75, 3.05) is 27.2 Å². The summed E-state index contributed by atoms with van der Waals surface area (Å²) >= 11 is 3.48. The van der Waals surface area contributed by atoms with Gasteiger partial charge in [-0.05, 0) is 57.2 Å². The molecular weight excluding hydrogens is 414 g/mol. The number of piperidine rings is 1. The van der Waals surface area contributed by atoms with Gasteiger partial charge in [0, 0.05) is 28.5 Å². The molecule has 0 radical (unpaired) electrons. The average Bonchev–Trinajstić information content (AvgIpc) is 2.73. The molecule has 2 aromatic carbocycles. The van der Waals surface area contributed by atoms with Crippen LogP contribution in [0.4, 0.5) is 0 Å². The highest BCUT2D eigenvalue weighted by molar-refractivity contribution is 9.10. The van der Waals surface area contributed by atoms with Crippen LogP contribution in [-0.4, -0.2) is 53.9 Å². The molecular formula is C23H24BrN3O. The highest BCUT2D eigenvalue weighted by atomic mass is 79.9. The molecule has 144 valence electrons. The topological polar surface area (TPSA) is 36.4 Å². The van der Waals surface area contributed by atoms with Gasteiger partial charge in [-0.15, -0.1) is 0 Å². The molecule has 1 aliphatic heterocycles. The largest absolute Gasteiger partial charge is 0.339 e. The Morgan fingerprint density at radius 1 is 1.11 bits per heavy atom. The first-order valence-electron chi connectivity index (χ1n) is 9.64. The summed E-state index contributed by atoms with van der Waals surface area (Å²) in [7, 11) is 4.08. The lowest BCUT2D eigenvalue weighted by atomic mass is 10.00. The number of halogens is 1. The maximum Gasteiger partial charge on any atom is 0.254 e. The summed E-state index contributed by atoms with van der Waals surface area (Å²) in [5.74, 6) is 0.0755. The van der Waals surface area contributed by atoms with E-state index in [1.54, 1.807) is 0 Å². The van der Waals surface area contributed by atoms with Gasteiger partial charge < -0.3 is 9.80 Å². The van der Waals surface area contributed by atoms with Crippen molar-refractivity contribution in [3.63, 3.8) is 0 Å². The van der Waals surface area contributed by atoms with Crippen molar-refractivity contribution in [1.29, 1.82) is 0 Å². The van der Waals surface area contributed by atoms with Gasteiger partial charge in [-0.1, -0.05) is 46.3 Å². The third-order valence-corrected chi connectivity index (χ3v) is 6.17. The van der Waals surface area contributed by atoms with Crippen LogP contribution >= 0.6 is 15.9 Å². The molecule has 5 heteroatoms. The Morgan fingerprint density at radius 3 is 2.50 bits per heavy atom. The summed E-state index contributed by atoms with van der Waals surface area (Å²) in [6, 6.07) is 18.2. The fourth-order valence-electron chi connectivity index (χ4n) is 3.86. The maximum absolute atomic E-state index is 13.5. The number of rotatable bonds is 3. The molecule has 1 aliphatic rings. The molecule has 3 aromatic rings. The second-order valence-electron chi connectivity index (χ2n) is 7.53. The van der Waals surface area contributed by atoms with Crippen LogP contribution in [0.3, 0.4) is 0 Å². The second kappa shape index (κ2) is 8.02. The number of hydrogen-bond acceptors (Lipinski definition) is 3. The smallest absolute Gasteiger partial charge is 0.254 e. The summed E-state index contributed by atoms with van der Waals surface area (Å²) < 4.78 is 1.02. The monoisotopic (exact) mass is 437 g/mol. The molecule has 0 atom stereocenters. The van der Waals surface area contributed by atoms with Crippen LogP contribution in [0.2, 0.25) is 0 Å². The molecule has 0 spiro atoms. The van der Waals surface area contributed by atoms with Crippen molar-refractivity contribution in [2.45, 2.75) is 18.9 Å². The molecule has 2 heterocycles. The first-order valence-corrected chi connectivity index (χ1v) is 10.4. The number of carbonyl (C=O) groups is 1. The van der Waals surface area contributed by atoms with Gasteiger partial charge in [-0.3, -0.25) is 4.79 Å². The van der Waals surface area contributed by atoms with Gasteiger partial charge >= 0.3 is 0 Å². The van der Waals surface area contributed by atoms with Crippen LogP contribution in [0.25, 0.3) is 22.2 Å². The van der Waals surface area contributed by atoms with E-state index in [0.717, 1.165) is 58.1 Å². The quantitative estimate of drug-likeness (QED) is 0.588. The number of carbonyl (C=O) groups excluding carboxylic acids is 1. The van der Waals surface area contributed by atoms with E-state index in [9.17, 15) is 4.79 Å². The molecule has 28 heavy (non-hydrogen) atoms. The van der Waals surface area contributed by atoms with E-state index >= 15 is 0 Å². The summed E-state index contributed by atoms with van der Waals surface area (Å²) in [6.45, 7) is 2.06. The van der Waals surface area contributed by atoms with Crippen molar-refractivity contribution in [3.05, 3.63) is 64.6 Å². The Labute approximate surface area is 174 Å². The summed E-state index contributed by atoms with van der Waals surface area (Å²) in [5.41, 5.74) is 3.41. The predicted molar refractivity (Wildman–Crippen MR) is 117 cm³/mol. The molecule has 1 amide bonds. The van der Waals surface area contributed by atoms with Crippen LogP contribution in [0.5, 0.6) is 0 Å². The van der Waals surface area contributed by atoms with Gasteiger partial charge in [0.05, 0.1) is 16.8 Å². The number of fused-ring (bicyclic) bond motifs is 1. The SMILES string of the molecule is CN1CCC(N(C)C(=O)c2cc(-c3ccc(Br)cc3)nc3ccccc23)CC1. The van der Waals surface area contributed by atoms with Crippen molar-refractivity contribution in [2.24, 2.45) is 0 Å². The highest BCUT2D eigenvalue weighted by Gasteiger charge is 2.26. The number of aromatic nitrogens is 1.